The summed E-state index contributed by atoms with van der Waals surface area (Å²) in [5, 5.41) is 2.87. The van der Waals surface area contributed by atoms with Gasteiger partial charge >= 0.3 is 0 Å². The second kappa shape index (κ2) is 6.40. The Morgan fingerprint density at radius 3 is 1.92 bits per heavy atom. The van der Waals surface area contributed by atoms with E-state index in [4.69, 9.17) is 0 Å². The lowest BCUT2D eigenvalue weighted by Gasteiger charge is -2.03. The summed E-state index contributed by atoms with van der Waals surface area (Å²) in [7, 11) is 1.81. The van der Waals surface area contributed by atoms with Gasteiger partial charge in [0.05, 0.1) is 0 Å². The molecule has 1 aromatic heterocycles. The van der Waals surface area contributed by atoms with Crippen LogP contribution in [0.5, 0.6) is 0 Å². The van der Waals surface area contributed by atoms with Crippen LogP contribution >= 0.6 is 0 Å². The highest BCUT2D eigenvalue weighted by molar-refractivity contribution is 5.24. The Labute approximate surface area is 80.6 Å². The molecule has 0 amide bonds. The van der Waals surface area contributed by atoms with Gasteiger partial charge in [-0.25, -0.2) is 9.97 Å². The van der Waals surface area contributed by atoms with Crippen LogP contribution in [0.4, 0.5) is 5.95 Å². The molecule has 0 aromatic carbocycles. The van der Waals surface area contributed by atoms with Gasteiger partial charge in [-0.15, -0.1) is 0 Å². The fourth-order valence-corrected chi connectivity index (χ4v) is 0.765. The minimum absolute atomic E-state index is 0.501. The number of rotatable bonds is 2. The summed E-state index contributed by atoms with van der Waals surface area (Å²) < 4.78 is 0. The number of anilines is 1. The molecule has 0 fully saturated rings. The van der Waals surface area contributed by atoms with E-state index in [9.17, 15) is 0 Å². The molecule has 0 spiro atoms. The van der Waals surface area contributed by atoms with E-state index in [2.05, 4.69) is 29.1 Å². The molecule has 1 aromatic rings. The van der Waals surface area contributed by atoms with Crippen molar-refractivity contribution in [1.82, 2.24) is 9.97 Å². The maximum Gasteiger partial charge on any atom is 0.222 e. The van der Waals surface area contributed by atoms with Crippen molar-refractivity contribution in [2.75, 3.05) is 12.4 Å². The lowest BCUT2D eigenvalue weighted by molar-refractivity contribution is 0.846. The van der Waals surface area contributed by atoms with E-state index in [-0.39, 0.29) is 0 Å². The second-order valence-corrected chi connectivity index (χ2v) is 2.74. The third-order valence-corrected chi connectivity index (χ3v) is 1.56. The Bertz CT molecular complexity index is 216. The van der Waals surface area contributed by atoms with Crippen molar-refractivity contribution in [3.8, 4) is 0 Å². The molecule has 0 aliphatic heterocycles. The highest BCUT2D eigenvalue weighted by atomic mass is 15.1. The first-order valence-corrected chi connectivity index (χ1v) is 4.73. The van der Waals surface area contributed by atoms with Crippen LogP contribution in [0.3, 0.4) is 0 Å². The zero-order valence-electron chi connectivity index (χ0n) is 9.13. The second-order valence-electron chi connectivity index (χ2n) is 2.74. The summed E-state index contributed by atoms with van der Waals surface area (Å²) in [6.45, 7) is 8.25. The highest BCUT2D eigenvalue weighted by Crippen LogP contribution is 2.11. The molecular weight excluding hydrogens is 162 g/mol. The lowest BCUT2D eigenvalue weighted by atomic mass is 10.1. The van der Waals surface area contributed by atoms with Crippen LogP contribution < -0.4 is 5.32 Å². The van der Waals surface area contributed by atoms with Crippen LogP contribution in [0.1, 0.15) is 39.2 Å². The van der Waals surface area contributed by atoms with Gasteiger partial charge in [-0.05, 0) is 11.5 Å². The summed E-state index contributed by atoms with van der Waals surface area (Å²) >= 11 is 0. The van der Waals surface area contributed by atoms with E-state index >= 15 is 0 Å². The maximum atomic E-state index is 4.10. The van der Waals surface area contributed by atoms with Gasteiger partial charge in [0.1, 0.15) is 0 Å². The molecule has 13 heavy (non-hydrogen) atoms. The van der Waals surface area contributed by atoms with Crippen LogP contribution in [0.25, 0.3) is 0 Å². The monoisotopic (exact) mass is 181 g/mol. The largest absolute Gasteiger partial charge is 0.357 e. The molecule has 1 N–H and O–H groups in total. The summed E-state index contributed by atoms with van der Waals surface area (Å²) in [4.78, 5) is 8.19. The molecule has 0 saturated heterocycles. The van der Waals surface area contributed by atoms with E-state index in [0.717, 1.165) is 0 Å². The normalized spacial score (nSPS) is 9.08. The minimum Gasteiger partial charge on any atom is -0.357 e. The standard InChI is InChI=1S/C8H13N3.C2H6/c1-6(2)7-4-10-8(9-3)11-5-7;1-2/h4-6H,1-3H3,(H,9,10,11);1-2H3. The zero-order chi connectivity index (χ0) is 10.3. The van der Waals surface area contributed by atoms with Crippen molar-refractivity contribution in [2.24, 2.45) is 0 Å². The Balaban J connectivity index is 0.000000671. The van der Waals surface area contributed by atoms with Crippen molar-refractivity contribution in [1.29, 1.82) is 0 Å². The Morgan fingerprint density at radius 2 is 1.62 bits per heavy atom. The Kier molecular flexibility index (Phi) is 5.85. The van der Waals surface area contributed by atoms with Crippen molar-refractivity contribution in [3.63, 3.8) is 0 Å². The first-order chi connectivity index (χ1) is 6.24. The molecule has 0 radical (unpaired) electrons. The van der Waals surface area contributed by atoms with Crippen LogP contribution in [-0.2, 0) is 0 Å². The molecule has 0 atom stereocenters. The molecule has 0 bridgehead atoms. The van der Waals surface area contributed by atoms with Crippen molar-refractivity contribution >= 4 is 5.95 Å². The summed E-state index contributed by atoms with van der Waals surface area (Å²) in [5.41, 5.74) is 1.17. The van der Waals surface area contributed by atoms with Gasteiger partial charge in [-0.3, -0.25) is 0 Å². The molecule has 0 saturated carbocycles. The smallest absolute Gasteiger partial charge is 0.222 e. The van der Waals surface area contributed by atoms with E-state index < -0.39 is 0 Å². The maximum absolute atomic E-state index is 4.10. The first-order valence-electron chi connectivity index (χ1n) is 4.73. The van der Waals surface area contributed by atoms with Crippen LogP contribution in [0.15, 0.2) is 12.4 Å². The van der Waals surface area contributed by atoms with Crippen molar-refractivity contribution in [3.05, 3.63) is 18.0 Å². The van der Waals surface area contributed by atoms with Crippen molar-refractivity contribution in [2.45, 2.75) is 33.6 Å². The van der Waals surface area contributed by atoms with E-state index in [1.807, 2.05) is 33.3 Å². The first kappa shape index (κ1) is 11.9. The summed E-state index contributed by atoms with van der Waals surface area (Å²) in [6.07, 6.45) is 3.70. The van der Waals surface area contributed by atoms with Gasteiger partial charge in [0, 0.05) is 19.4 Å². The molecule has 74 valence electrons. The SMILES string of the molecule is CC.CNc1ncc(C(C)C)cn1. The average Bonchev–Trinajstić information content (AvgIpc) is 2.21. The third kappa shape index (κ3) is 3.87. The van der Waals surface area contributed by atoms with Gasteiger partial charge in [-0.2, -0.15) is 0 Å². The van der Waals surface area contributed by atoms with E-state index in [1.54, 1.807) is 0 Å². The summed E-state index contributed by atoms with van der Waals surface area (Å²) in [6, 6.07) is 0. The predicted octanol–water partition coefficient (Wildman–Crippen LogP) is 2.67. The number of hydrogen-bond donors (Lipinski definition) is 1. The quantitative estimate of drug-likeness (QED) is 0.762. The number of nitrogens with zero attached hydrogens (tertiary/aromatic N) is 2. The van der Waals surface area contributed by atoms with Crippen molar-refractivity contribution < 1.29 is 0 Å². The van der Waals surface area contributed by atoms with Gasteiger partial charge in [0.2, 0.25) is 5.95 Å². The zero-order valence-corrected chi connectivity index (χ0v) is 9.13. The molecule has 0 unspecified atom stereocenters. The Morgan fingerprint density at radius 1 is 1.15 bits per heavy atom. The van der Waals surface area contributed by atoms with Crippen LogP contribution in [0, 0.1) is 0 Å². The van der Waals surface area contributed by atoms with Gasteiger partial charge in [0.25, 0.3) is 0 Å². The molecule has 0 aliphatic carbocycles. The number of hydrogen-bond acceptors (Lipinski definition) is 3. The lowest BCUT2D eigenvalue weighted by Crippen LogP contribution is -1.97. The molecule has 1 rings (SSSR count). The van der Waals surface area contributed by atoms with Gasteiger partial charge in [-0.1, -0.05) is 27.7 Å². The van der Waals surface area contributed by atoms with E-state index in [0.29, 0.717) is 11.9 Å². The topological polar surface area (TPSA) is 37.8 Å². The predicted molar refractivity (Wildman–Crippen MR) is 57.0 cm³/mol. The van der Waals surface area contributed by atoms with Gasteiger partial charge < -0.3 is 5.32 Å². The molecule has 3 heteroatoms. The minimum atomic E-state index is 0.501. The fraction of sp³-hybridized carbons (Fsp3) is 0.600. The molecule has 3 nitrogen and oxygen atoms in total. The number of nitrogens with one attached hydrogen (secondary N) is 1. The van der Waals surface area contributed by atoms with E-state index in [1.165, 1.54) is 5.56 Å². The molecular formula is C10H19N3. The Hall–Kier alpha value is -1.12. The average molecular weight is 181 g/mol. The van der Waals surface area contributed by atoms with Gasteiger partial charge in [0.15, 0.2) is 0 Å². The third-order valence-electron chi connectivity index (χ3n) is 1.56. The highest BCUT2D eigenvalue weighted by Gasteiger charge is 1.98. The molecule has 0 aliphatic rings. The fourth-order valence-electron chi connectivity index (χ4n) is 0.765. The van der Waals surface area contributed by atoms with Crippen LogP contribution in [-0.4, -0.2) is 17.0 Å². The summed E-state index contributed by atoms with van der Waals surface area (Å²) in [5.74, 6) is 1.18. The molecule has 1 heterocycles. The van der Waals surface area contributed by atoms with Crippen LogP contribution in [0.2, 0.25) is 0 Å². The number of aromatic nitrogens is 2.